The molecule has 1 unspecified atom stereocenters. The molecule has 62 heavy (non-hydrogen) atoms. The number of hydrogen-bond acceptors (Lipinski definition) is 13. The SMILES string of the molecule is O=[N+]([O-])c1cc(S(=O)(=O)Nc2ncnc3cc(N4CCN(Cc5ccccc5-c5ccc(Cl)cc5)CC4)ccc23)ccc1NC(CCNN1CCOCC1)CSc1ccccc1. The van der Waals surface area contributed by atoms with E-state index in [4.69, 9.17) is 16.3 Å². The maximum atomic E-state index is 13.8. The van der Waals surface area contributed by atoms with Crippen LogP contribution in [0.4, 0.5) is 22.9 Å². The van der Waals surface area contributed by atoms with Crippen molar-refractivity contribution in [3.63, 3.8) is 0 Å². The molecule has 2 aliphatic rings. The molecule has 2 fully saturated rings. The number of nitrogens with one attached hydrogen (secondary N) is 3. The number of hydrazine groups is 1. The molecule has 8 rings (SSSR count). The average Bonchev–Trinajstić information content (AvgIpc) is 3.29. The lowest BCUT2D eigenvalue weighted by molar-refractivity contribution is -0.384. The standard InChI is InChI=1S/C45H48ClN9O5S2/c46-35-12-10-33(11-13-35)40-9-5-4-6-34(40)30-52-20-22-53(23-21-52)37-14-16-41-43(28-37)47-32-48-45(41)51-62(58,59)39-15-17-42(44(29-39)55(56)57)50-36(31-61-38-7-2-1-3-8-38)18-19-49-54-24-26-60-27-25-54/h1-17,28-29,32,36,49-50H,18-27,30-31H2,(H,47,48,51). The summed E-state index contributed by atoms with van der Waals surface area (Å²) in [6, 6.07) is 35.8. The fourth-order valence-corrected chi connectivity index (χ4v) is 9.85. The molecule has 3 N–H and O–H groups in total. The molecule has 1 aromatic heterocycles. The van der Waals surface area contributed by atoms with Crippen molar-refractivity contribution in [2.24, 2.45) is 0 Å². The largest absolute Gasteiger partial charge is 0.379 e. The smallest absolute Gasteiger partial charge is 0.293 e. The summed E-state index contributed by atoms with van der Waals surface area (Å²) in [6.45, 7) is 7.68. The molecule has 0 saturated carbocycles. The maximum absolute atomic E-state index is 13.8. The molecule has 0 radical (unpaired) electrons. The third-order valence-corrected chi connectivity index (χ3v) is 13.8. The van der Waals surface area contributed by atoms with E-state index < -0.39 is 14.9 Å². The summed E-state index contributed by atoms with van der Waals surface area (Å²) in [4.78, 5) is 26.2. The number of thioether (sulfide) groups is 1. The number of fused-ring (bicyclic) bond motifs is 1. The van der Waals surface area contributed by atoms with Gasteiger partial charge in [0.25, 0.3) is 15.7 Å². The zero-order valence-corrected chi connectivity index (χ0v) is 36.4. The minimum Gasteiger partial charge on any atom is -0.379 e. The summed E-state index contributed by atoms with van der Waals surface area (Å²) in [6.07, 6.45) is 1.98. The highest BCUT2D eigenvalue weighted by Gasteiger charge is 2.25. The van der Waals surface area contributed by atoms with Gasteiger partial charge in [0.2, 0.25) is 0 Å². The first-order valence-corrected chi connectivity index (χ1v) is 23.4. The van der Waals surface area contributed by atoms with Gasteiger partial charge in [-0.15, -0.1) is 11.8 Å². The molecular formula is C45H48ClN9O5S2. The first-order valence-electron chi connectivity index (χ1n) is 20.6. The van der Waals surface area contributed by atoms with Crippen LogP contribution in [0, 0.1) is 10.1 Å². The molecule has 0 bridgehead atoms. The zero-order valence-electron chi connectivity index (χ0n) is 34.0. The van der Waals surface area contributed by atoms with E-state index in [1.165, 1.54) is 29.6 Å². The van der Waals surface area contributed by atoms with Crippen molar-refractivity contribution in [3.8, 4) is 11.1 Å². The molecule has 3 heterocycles. The first-order chi connectivity index (χ1) is 30.2. The van der Waals surface area contributed by atoms with E-state index in [-0.39, 0.29) is 28.1 Å². The van der Waals surface area contributed by atoms with Crippen molar-refractivity contribution in [2.75, 3.05) is 79.7 Å². The summed E-state index contributed by atoms with van der Waals surface area (Å²) in [5, 5.41) is 19.1. The van der Waals surface area contributed by atoms with Crippen molar-refractivity contribution < 1.29 is 18.1 Å². The number of sulfonamides is 1. The molecule has 0 spiro atoms. The molecule has 17 heteroatoms. The van der Waals surface area contributed by atoms with Gasteiger partial charge < -0.3 is 15.0 Å². The Morgan fingerprint density at radius 3 is 2.39 bits per heavy atom. The predicted molar refractivity (Wildman–Crippen MR) is 247 cm³/mol. The average molecular weight is 895 g/mol. The van der Waals surface area contributed by atoms with Crippen LogP contribution in [-0.2, 0) is 21.3 Å². The van der Waals surface area contributed by atoms with E-state index in [9.17, 15) is 18.5 Å². The Kier molecular flexibility index (Phi) is 14.1. The third kappa shape index (κ3) is 11.0. The normalized spacial score (nSPS) is 15.7. The van der Waals surface area contributed by atoms with Gasteiger partial charge in [0.1, 0.15) is 12.0 Å². The lowest BCUT2D eigenvalue weighted by Gasteiger charge is -2.36. The number of anilines is 3. The molecule has 2 aliphatic heterocycles. The lowest BCUT2D eigenvalue weighted by atomic mass is 9.99. The molecule has 5 aromatic carbocycles. The summed E-state index contributed by atoms with van der Waals surface area (Å²) in [5.41, 5.74) is 8.47. The topological polar surface area (TPSA) is 158 Å². The Balaban J connectivity index is 0.927. The quantitative estimate of drug-likeness (QED) is 0.0464. The van der Waals surface area contributed by atoms with Crippen molar-refractivity contribution in [1.29, 1.82) is 0 Å². The fraction of sp³-hybridized carbons (Fsp3) is 0.289. The second-order valence-electron chi connectivity index (χ2n) is 15.2. The summed E-state index contributed by atoms with van der Waals surface area (Å²) in [7, 11) is -4.29. The highest BCUT2D eigenvalue weighted by Crippen LogP contribution is 2.33. The Labute approximate surface area is 370 Å². The third-order valence-electron chi connectivity index (χ3n) is 11.0. The minimum atomic E-state index is -4.29. The molecule has 1 atom stereocenters. The number of aromatic nitrogens is 2. The monoisotopic (exact) mass is 893 g/mol. The second-order valence-corrected chi connectivity index (χ2v) is 18.4. The van der Waals surface area contributed by atoms with Crippen LogP contribution in [-0.4, -0.2) is 104 Å². The first kappa shape index (κ1) is 43.3. The molecular weight excluding hydrogens is 846 g/mol. The number of nitro groups is 1. The Morgan fingerprint density at radius 2 is 1.61 bits per heavy atom. The van der Waals surface area contributed by atoms with Gasteiger partial charge in [0.05, 0.1) is 28.5 Å². The number of piperazine rings is 1. The van der Waals surface area contributed by atoms with Crippen LogP contribution in [0.5, 0.6) is 0 Å². The number of nitro benzene ring substituents is 1. The van der Waals surface area contributed by atoms with E-state index in [0.29, 0.717) is 47.9 Å². The van der Waals surface area contributed by atoms with E-state index in [0.717, 1.165) is 68.0 Å². The highest BCUT2D eigenvalue weighted by molar-refractivity contribution is 7.99. The van der Waals surface area contributed by atoms with Gasteiger partial charge in [-0.05, 0) is 77.7 Å². The van der Waals surface area contributed by atoms with Gasteiger partial charge in [0, 0.05) is 91.2 Å². The number of nitrogens with zero attached hydrogens (tertiary/aromatic N) is 6. The van der Waals surface area contributed by atoms with Crippen molar-refractivity contribution in [3.05, 3.63) is 142 Å². The van der Waals surface area contributed by atoms with Gasteiger partial charge in [-0.2, -0.15) is 0 Å². The van der Waals surface area contributed by atoms with Gasteiger partial charge in [0.15, 0.2) is 5.82 Å². The van der Waals surface area contributed by atoms with Crippen molar-refractivity contribution >= 4 is 67.2 Å². The number of halogens is 1. The Morgan fingerprint density at radius 1 is 0.855 bits per heavy atom. The van der Waals surface area contributed by atoms with Crippen LogP contribution in [0.1, 0.15) is 12.0 Å². The van der Waals surface area contributed by atoms with E-state index >= 15 is 0 Å². The van der Waals surface area contributed by atoms with Gasteiger partial charge in [-0.25, -0.2) is 23.4 Å². The van der Waals surface area contributed by atoms with E-state index in [1.54, 1.807) is 11.8 Å². The highest BCUT2D eigenvalue weighted by atomic mass is 35.5. The summed E-state index contributed by atoms with van der Waals surface area (Å²) in [5.74, 6) is 0.717. The van der Waals surface area contributed by atoms with Gasteiger partial charge in [-0.3, -0.25) is 25.2 Å². The molecule has 14 nitrogen and oxygen atoms in total. The van der Waals surface area contributed by atoms with Crippen LogP contribution in [0.2, 0.25) is 5.02 Å². The van der Waals surface area contributed by atoms with Crippen LogP contribution in [0.25, 0.3) is 22.0 Å². The number of morpholine rings is 1. The molecule has 6 aromatic rings. The fourth-order valence-electron chi connectivity index (χ4n) is 7.68. The van der Waals surface area contributed by atoms with Crippen LogP contribution in [0.15, 0.2) is 131 Å². The van der Waals surface area contributed by atoms with Gasteiger partial charge >= 0.3 is 0 Å². The number of hydrogen-bond donors (Lipinski definition) is 3. The Bertz CT molecular complexity index is 2580. The van der Waals surface area contributed by atoms with Crippen LogP contribution >= 0.6 is 23.4 Å². The van der Waals surface area contributed by atoms with Crippen molar-refractivity contribution in [1.82, 2.24) is 25.3 Å². The van der Waals surface area contributed by atoms with E-state index in [2.05, 4.69) is 76.6 Å². The maximum Gasteiger partial charge on any atom is 0.293 e. The number of ether oxygens (including phenoxy) is 1. The second kappa shape index (κ2) is 20.2. The minimum absolute atomic E-state index is 0.0846. The lowest BCUT2D eigenvalue weighted by Crippen LogP contribution is -2.46. The number of benzene rings is 5. The predicted octanol–water partition coefficient (Wildman–Crippen LogP) is 7.78. The van der Waals surface area contributed by atoms with Crippen LogP contribution < -0.4 is 20.4 Å². The summed E-state index contributed by atoms with van der Waals surface area (Å²) >= 11 is 7.80. The van der Waals surface area contributed by atoms with Gasteiger partial charge in [-0.1, -0.05) is 66.2 Å². The van der Waals surface area contributed by atoms with E-state index in [1.807, 2.05) is 60.7 Å². The molecule has 0 amide bonds. The summed E-state index contributed by atoms with van der Waals surface area (Å²) < 4.78 is 35.7. The van der Waals surface area contributed by atoms with Crippen LogP contribution in [0.3, 0.4) is 0 Å². The zero-order chi connectivity index (χ0) is 42.9. The molecule has 2 saturated heterocycles. The number of rotatable bonds is 17. The molecule has 0 aliphatic carbocycles. The Hall–Kier alpha value is -5.33. The van der Waals surface area contributed by atoms with Crippen molar-refractivity contribution in [2.45, 2.75) is 28.8 Å². The molecule has 322 valence electrons.